The molecule has 2 aliphatic rings. The highest BCUT2D eigenvalue weighted by Crippen LogP contribution is 2.28. The maximum absolute atomic E-state index is 3.74. The minimum atomic E-state index is 0.748. The molecule has 2 nitrogen and oxygen atoms in total. The van der Waals surface area contributed by atoms with Crippen LogP contribution in [0, 0.1) is 0 Å². The molecule has 1 saturated carbocycles. The third-order valence-corrected chi connectivity index (χ3v) is 4.71. The average Bonchev–Trinajstić information content (AvgIpc) is 2.85. The van der Waals surface area contributed by atoms with E-state index in [1.165, 1.54) is 45.2 Å². The van der Waals surface area contributed by atoms with E-state index in [9.17, 15) is 0 Å². The largest absolute Gasteiger partial charge is 0.313 e. The van der Waals surface area contributed by atoms with Crippen LogP contribution in [0.5, 0.6) is 0 Å². The molecule has 1 aliphatic heterocycles. The summed E-state index contributed by atoms with van der Waals surface area (Å²) in [7, 11) is 0. The van der Waals surface area contributed by atoms with Crippen molar-refractivity contribution >= 4 is 11.8 Å². The molecule has 2 rings (SSSR count). The molecule has 1 saturated heterocycles. The van der Waals surface area contributed by atoms with Crippen molar-refractivity contribution in [2.45, 2.75) is 49.4 Å². The van der Waals surface area contributed by atoms with Gasteiger partial charge in [0.2, 0.25) is 0 Å². The fourth-order valence-corrected chi connectivity index (χ4v) is 3.63. The van der Waals surface area contributed by atoms with E-state index in [0.29, 0.717) is 0 Å². The van der Waals surface area contributed by atoms with Gasteiger partial charge in [0.15, 0.2) is 0 Å². The van der Waals surface area contributed by atoms with Crippen LogP contribution in [0.25, 0.3) is 0 Å². The van der Waals surface area contributed by atoms with Crippen molar-refractivity contribution in [3.05, 3.63) is 0 Å². The molecular weight excluding hydrogens is 192 g/mol. The van der Waals surface area contributed by atoms with E-state index in [0.717, 1.165) is 17.3 Å². The van der Waals surface area contributed by atoms with Crippen LogP contribution in [0.3, 0.4) is 0 Å². The van der Waals surface area contributed by atoms with Crippen LogP contribution >= 0.6 is 11.8 Å². The quantitative estimate of drug-likeness (QED) is 0.743. The SMILES string of the molecule is CSC1CCCC1NCC1CCCN1. The molecule has 14 heavy (non-hydrogen) atoms. The third kappa shape index (κ3) is 2.65. The van der Waals surface area contributed by atoms with Gasteiger partial charge in [-0.15, -0.1) is 0 Å². The van der Waals surface area contributed by atoms with Crippen molar-refractivity contribution in [3.8, 4) is 0 Å². The van der Waals surface area contributed by atoms with Gasteiger partial charge in [-0.05, 0) is 38.5 Å². The van der Waals surface area contributed by atoms with Crippen molar-refractivity contribution in [2.75, 3.05) is 19.3 Å². The van der Waals surface area contributed by atoms with Crippen LogP contribution in [-0.4, -0.2) is 36.7 Å². The molecule has 2 N–H and O–H groups in total. The van der Waals surface area contributed by atoms with Crippen molar-refractivity contribution in [2.24, 2.45) is 0 Å². The van der Waals surface area contributed by atoms with E-state index in [4.69, 9.17) is 0 Å². The highest BCUT2D eigenvalue weighted by molar-refractivity contribution is 7.99. The molecule has 0 spiro atoms. The predicted octanol–water partition coefficient (Wildman–Crippen LogP) is 1.61. The molecule has 0 bridgehead atoms. The molecule has 3 atom stereocenters. The molecule has 1 aliphatic carbocycles. The minimum absolute atomic E-state index is 0.748. The molecular formula is C11H22N2S. The molecule has 0 amide bonds. The topological polar surface area (TPSA) is 24.1 Å². The first kappa shape index (κ1) is 10.8. The molecule has 3 unspecified atom stereocenters. The van der Waals surface area contributed by atoms with Crippen LogP contribution in [0.1, 0.15) is 32.1 Å². The monoisotopic (exact) mass is 214 g/mol. The van der Waals surface area contributed by atoms with Crippen LogP contribution in [0.15, 0.2) is 0 Å². The van der Waals surface area contributed by atoms with E-state index >= 15 is 0 Å². The maximum atomic E-state index is 3.74. The number of nitrogens with one attached hydrogen (secondary N) is 2. The second-order valence-corrected chi connectivity index (χ2v) is 5.59. The van der Waals surface area contributed by atoms with Crippen LogP contribution in [0.2, 0.25) is 0 Å². The van der Waals surface area contributed by atoms with Crippen LogP contribution < -0.4 is 10.6 Å². The van der Waals surface area contributed by atoms with Gasteiger partial charge >= 0.3 is 0 Å². The van der Waals surface area contributed by atoms with Gasteiger partial charge in [-0.1, -0.05) is 6.42 Å². The smallest absolute Gasteiger partial charge is 0.0198 e. The van der Waals surface area contributed by atoms with Gasteiger partial charge in [0.05, 0.1) is 0 Å². The van der Waals surface area contributed by atoms with Gasteiger partial charge in [0, 0.05) is 23.9 Å². The molecule has 2 fully saturated rings. The Morgan fingerprint density at radius 2 is 2.21 bits per heavy atom. The Morgan fingerprint density at radius 3 is 2.93 bits per heavy atom. The number of hydrogen-bond donors (Lipinski definition) is 2. The average molecular weight is 214 g/mol. The second-order valence-electron chi connectivity index (χ2n) is 4.51. The Morgan fingerprint density at radius 1 is 1.29 bits per heavy atom. The summed E-state index contributed by atoms with van der Waals surface area (Å²) in [6.07, 6.45) is 9.20. The Kier molecular flexibility index (Phi) is 4.14. The van der Waals surface area contributed by atoms with Gasteiger partial charge < -0.3 is 10.6 Å². The first-order chi connectivity index (χ1) is 6.90. The van der Waals surface area contributed by atoms with Crippen molar-refractivity contribution in [1.29, 1.82) is 0 Å². The van der Waals surface area contributed by atoms with Crippen LogP contribution in [0.4, 0.5) is 0 Å². The summed E-state index contributed by atoms with van der Waals surface area (Å²) in [6, 6.07) is 1.53. The van der Waals surface area contributed by atoms with E-state index in [-0.39, 0.29) is 0 Å². The fraction of sp³-hybridized carbons (Fsp3) is 1.00. The second kappa shape index (κ2) is 5.38. The third-order valence-electron chi connectivity index (χ3n) is 3.54. The van der Waals surface area contributed by atoms with E-state index in [1.54, 1.807) is 0 Å². The standard InChI is InChI=1S/C11H22N2S/c1-14-11-6-2-5-10(11)13-8-9-4-3-7-12-9/h9-13H,2-8H2,1H3. The lowest BCUT2D eigenvalue weighted by Gasteiger charge is -2.21. The molecule has 0 radical (unpaired) electrons. The normalized spacial score (nSPS) is 37.9. The summed E-state index contributed by atoms with van der Waals surface area (Å²) < 4.78 is 0. The van der Waals surface area contributed by atoms with Crippen molar-refractivity contribution < 1.29 is 0 Å². The van der Waals surface area contributed by atoms with Gasteiger partial charge in [-0.2, -0.15) is 11.8 Å². The van der Waals surface area contributed by atoms with E-state index in [1.807, 2.05) is 11.8 Å². The summed E-state index contributed by atoms with van der Waals surface area (Å²) in [5.74, 6) is 0. The van der Waals surface area contributed by atoms with E-state index < -0.39 is 0 Å². The first-order valence-corrected chi connectivity index (χ1v) is 7.18. The molecule has 0 aromatic carbocycles. The van der Waals surface area contributed by atoms with E-state index in [2.05, 4.69) is 16.9 Å². The lowest BCUT2D eigenvalue weighted by Crippen LogP contribution is -2.41. The zero-order valence-electron chi connectivity index (χ0n) is 9.09. The minimum Gasteiger partial charge on any atom is -0.313 e. The summed E-state index contributed by atoms with van der Waals surface area (Å²) in [5, 5.41) is 8.16. The number of hydrogen-bond acceptors (Lipinski definition) is 3. The van der Waals surface area contributed by atoms with Gasteiger partial charge in [-0.25, -0.2) is 0 Å². The molecule has 0 aromatic rings. The molecule has 1 heterocycles. The Bertz CT molecular complexity index is 169. The molecule has 0 aromatic heterocycles. The summed E-state index contributed by atoms with van der Waals surface area (Å²) in [6.45, 7) is 2.41. The highest BCUT2D eigenvalue weighted by Gasteiger charge is 2.26. The molecule has 3 heteroatoms. The summed E-state index contributed by atoms with van der Waals surface area (Å²) in [5.41, 5.74) is 0. The predicted molar refractivity (Wildman–Crippen MR) is 64.0 cm³/mol. The Hall–Kier alpha value is 0.270. The first-order valence-electron chi connectivity index (χ1n) is 5.89. The maximum Gasteiger partial charge on any atom is 0.0198 e. The number of thioether (sulfide) groups is 1. The Balaban J connectivity index is 1.68. The summed E-state index contributed by atoms with van der Waals surface area (Å²) in [4.78, 5) is 0. The van der Waals surface area contributed by atoms with Gasteiger partial charge in [-0.3, -0.25) is 0 Å². The number of rotatable bonds is 4. The van der Waals surface area contributed by atoms with Crippen molar-refractivity contribution in [1.82, 2.24) is 10.6 Å². The van der Waals surface area contributed by atoms with Gasteiger partial charge in [0.25, 0.3) is 0 Å². The zero-order valence-corrected chi connectivity index (χ0v) is 9.91. The zero-order chi connectivity index (χ0) is 9.80. The fourth-order valence-electron chi connectivity index (χ4n) is 2.67. The van der Waals surface area contributed by atoms with Gasteiger partial charge in [0.1, 0.15) is 0 Å². The lowest BCUT2D eigenvalue weighted by atomic mass is 10.2. The lowest BCUT2D eigenvalue weighted by molar-refractivity contribution is 0.470. The Labute approximate surface area is 91.6 Å². The summed E-state index contributed by atoms with van der Waals surface area (Å²) >= 11 is 2.04. The van der Waals surface area contributed by atoms with Crippen molar-refractivity contribution in [3.63, 3.8) is 0 Å². The highest BCUT2D eigenvalue weighted by atomic mass is 32.2. The molecule has 82 valence electrons. The van der Waals surface area contributed by atoms with Crippen LogP contribution in [-0.2, 0) is 0 Å².